The molecule has 0 amide bonds. The summed E-state index contributed by atoms with van der Waals surface area (Å²) in [7, 11) is 0. The Bertz CT molecular complexity index is 593. The second kappa shape index (κ2) is 5.21. The smallest absolute Gasteiger partial charge is 0.171 e. The molecule has 25 heavy (non-hydrogen) atoms. The Labute approximate surface area is 152 Å². The van der Waals surface area contributed by atoms with Gasteiger partial charge in [-0.25, -0.2) is 0 Å². The zero-order chi connectivity index (χ0) is 18.4. The van der Waals surface area contributed by atoms with Crippen LogP contribution in [0.4, 0.5) is 0 Å². The van der Waals surface area contributed by atoms with Crippen LogP contribution in [0, 0.1) is 28.6 Å². The molecule has 2 N–H and O–H groups in total. The standard InChI is InChI=1S/C21H34O4/c1-18-7-6-16-14(15(18)3-4-17(18)22)5-8-20(23)13-21(24-11-12-25-21)10-9-19(16,20)2/h14-17,22-23H,3-13H2,1-2H3/t14?,15?,16?,17-,18-,19+,20+/m0/s1/i8T/t8-,14?,15?,16?,17+,18+,19-,20-/m1. The number of fused-ring (bicyclic) bond motifs is 5. The Morgan fingerprint density at radius 2 is 1.72 bits per heavy atom. The van der Waals surface area contributed by atoms with Crippen molar-refractivity contribution in [3.8, 4) is 0 Å². The summed E-state index contributed by atoms with van der Waals surface area (Å²) in [6.45, 7) is 5.70. The van der Waals surface area contributed by atoms with E-state index in [1.54, 1.807) is 0 Å². The number of hydrogen-bond donors (Lipinski definition) is 2. The third-order valence-electron chi connectivity index (χ3n) is 9.30. The molecule has 5 fully saturated rings. The molecular weight excluding hydrogens is 316 g/mol. The summed E-state index contributed by atoms with van der Waals surface area (Å²) in [5.41, 5.74) is -1.28. The summed E-state index contributed by atoms with van der Waals surface area (Å²) < 4.78 is 20.8. The lowest BCUT2D eigenvalue weighted by atomic mass is 9.43. The molecule has 142 valence electrons. The highest BCUT2D eigenvalue weighted by Gasteiger charge is 2.67. The fourth-order valence-corrected chi connectivity index (χ4v) is 7.63. The van der Waals surface area contributed by atoms with Gasteiger partial charge in [0.1, 0.15) is 0 Å². The first-order valence-corrected chi connectivity index (χ1v) is 10.3. The number of aliphatic hydroxyl groups excluding tert-OH is 1. The van der Waals surface area contributed by atoms with Crippen molar-refractivity contribution in [3.05, 3.63) is 0 Å². The van der Waals surface area contributed by atoms with Gasteiger partial charge in [0.05, 0.1) is 24.9 Å². The quantitative estimate of drug-likeness (QED) is 0.703. The molecule has 0 aromatic carbocycles. The molecule has 0 bridgehead atoms. The van der Waals surface area contributed by atoms with Crippen LogP contribution in [0.15, 0.2) is 0 Å². The van der Waals surface area contributed by atoms with Crippen LogP contribution in [0.1, 0.15) is 73.0 Å². The normalized spacial score (nSPS) is 60.6. The first-order chi connectivity index (χ1) is 12.2. The Morgan fingerprint density at radius 3 is 2.48 bits per heavy atom. The highest BCUT2D eigenvalue weighted by Crippen LogP contribution is 2.68. The molecule has 1 aliphatic heterocycles. The van der Waals surface area contributed by atoms with E-state index in [1.807, 2.05) is 0 Å². The highest BCUT2D eigenvalue weighted by atomic mass is 16.7. The van der Waals surface area contributed by atoms with Crippen molar-refractivity contribution in [2.45, 2.75) is 89.1 Å². The summed E-state index contributed by atoms with van der Waals surface area (Å²) in [5.74, 6) is 0.738. The van der Waals surface area contributed by atoms with Crippen molar-refractivity contribution in [1.29, 1.82) is 0 Å². The van der Waals surface area contributed by atoms with E-state index in [1.165, 1.54) is 0 Å². The van der Waals surface area contributed by atoms with Gasteiger partial charge in [0.15, 0.2) is 5.79 Å². The number of rotatable bonds is 0. The molecule has 1 spiro atoms. The molecule has 1 heterocycles. The minimum absolute atomic E-state index is 0.0142. The van der Waals surface area contributed by atoms with E-state index in [9.17, 15) is 10.2 Å². The monoisotopic (exact) mass is 352 g/mol. The summed E-state index contributed by atoms with van der Waals surface area (Å²) in [4.78, 5) is 0. The summed E-state index contributed by atoms with van der Waals surface area (Å²) >= 11 is 0. The van der Waals surface area contributed by atoms with Crippen molar-refractivity contribution in [2.24, 2.45) is 28.6 Å². The lowest BCUT2D eigenvalue weighted by Gasteiger charge is -2.64. The lowest BCUT2D eigenvalue weighted by Crippen LogP contribution is -2.65. The van der Waals surface area contributed by atoms with Gasteiger partial charge < -0.3 is 19.7 Å². The van der Waals surface area contributed by atoms with Gasteiger partial charge in [-0.1, -0.05) is 13.8 Å². The first-order valence-electron chi connectivity index (χ1n) is 10.9. The van der Waals surface area contributed by atoms with Gasteiger partial charge in [0, 0.05) is 14.2 Å². The minimum Gasteiger partial charge on any atom is -0.393 e. The molecule has 4 saturated carbocycles. The van der Waals surface area contributed by atoms with E-state index in [4.69, 9.17) is 10.8 Å². The highest BCUT2D eigenvalue weighted by molar-refractivity contribution is 5.15. The zero-order valence-corrected chi connectivity index (χ0v) is 15.7. The van der Waals surface area contributed by atoms with E-state index in [-0.39, 0.29) is 16.9 Å². The van der Waals surface area contributed by atoms with Crippen LogP contribution >= 0.6 is 0 Å². The fourth-order valence-electron chi connectivity index (χ4n) is 7.63. The molecule has 0 aromatic heterocycles. The van der Waals surface area contributed by atoms with Crippen molar-refractivity contribution < 1.29 is 21.1 Å². The molecule has 4 nitrogen and oxygen atoms in total. The molecule has 1 saturated heterocycles. The van der Waals surface area contributed by atoms with Crippen molar-refractivity contribution in [2.75, 3.05) is 13.2 Å². The number of aliphatic hydroxyl groups is 2. The topological polar surface area (TPSA) is 58.9 Å². The molecular formula is C21H34O4. The minimum atomic E-state index is -1.04. The summed E-state index contributed by atoms with van der Waals surface area (Å²) in [6, 6.07) is 0. The van der Waals surface area contributed by atoms with Crippen LogP contribution in [0.5, 0.6) is 0 Å². The van der Waals surface area contributed by atoms with Gasteiger partial charge in [-0.05, 0) is 73.5 Å². The fraction of sp³-hybridized carbons (Fsp3) is 1.00. The summed E-state index contributed by atoms with van der Waals surface area (Å²) in [6.07, 6.45) is 6.28. The third kappa shape index (κ3) is 2.09. The largest absolute Gasteiger partial charge is 0.393 e. The van der Waals surface area contributed by atoms with E-state index in [0.717, 1.165) is 44.9 Å². The van der Waals surface area contributed by atoms with Gasteiger partial charge in [-0.15, -0.1) is 0 Å². The maximum atomic E-state index is 11.8. The second-order valence-corrected chi connectivity index (χ2v) is 10.1. The van der Waals surface area contributed by atoms with Gasteiger partial charge in [0.25, 0.3) is 0 Å². The summed E-state index contributed by atoms with van der Waals surface area (Å²) in [5, 5.41) is 22.4. The molecule has 4 heteroatoms. The molecule has 5 aliphatic rings. The maximum Gasteiger partial charge on any atom is 0.171 e. The molecule has 5 rings (SSSR count). The van der Waals surface area contributed by atoms with Gasteiger partial charge in [0.2, 0.25) is 0 Å². The Kier molecular flexibility index (Phi) is 3.31. The Morgan fingerprint density at radius 1 is 0.960 bits per heavy atom. The Balaban J connectivity index is 1.50. The molecule has 0 aromatic rings. The van der Waals surface area contributed by atoms with E-state index < -0.39 is 17.8 Å². The van der Waals surface area contributed by atoms with Crippen LogP contribution < -0.4 is 0 Å². The van der Waals surface area contributed by atoms with Crippen molar-refractivity contribution in [3.63, 3.8) is 0 Å². The maximum absolute atomic E-state index is 11.8. The van der Waals surface area contributed by atoms with Crippen LogP contribution in [-0.2, 0) is 9.47 Å². The predicted octanol–water partition coefficient (Wildman–Crippen LogP) is 3.25. The van der Waals surface area contributed by atoms with Crippen LogP contribution in [0.2, 0.25) is 0 Å². The number of ether oxygens (including phenoxy) is 2. The van der Waals surface area contributed by atoms with Gasteiger partial charge >= 0.3 is 0 Å². The average molecular weight is 353 g/mol. The lowest BCUT2D eigenvalue weighted by molar-refractivity contribution is -0.285. The SMILES string of the molecule is [3H][C@@H]1CC2C3CC[C@H](O)[C@@]3(C)CCC2[C@@]2(C)CCC3(C[C@]12O)OCCO3. The average Bonchev–Trinajstić information content (AvgIpc) is 3.16. The zero-order valence-electron chi connectivity index (χ0n) is 16.7. The van der Waals surface area contributed by atoms with E-state index in [2.05, 4.69) is 13.8 Å². The van der Waals surface area contributed by atoms with Crippen molar-refractivity contribution in [1.82, 2.24) is 0 Å². The third-order valence-corrected chi connectivity index (χ3v) is 9.30. The van der Waals surface area contributed by atoms with E-state index in [0.29, 0.717) is 37.4 Å². The van der Waals surface area contributed by atoms with Crippen LogP contribution in [0.25, 0.3) is 0 Å². The Hall–Kier alpha value is -0.160. The van der Waals surface area contributed by atoms with Crippen LogP contribution in [-0.4, -0.2) is 40.9 Å². The van der Waals surface area contributed by atoms with E-state index >= 15 is 0 Å². The number of hydrogen-bond acceptors (Lipinski definition) is 4. The first kappa shape index (κ1) is 15.9. The van der Waals surface area contributed by atoms with Crippen LogP contribution in [0.3, 0.4) is 0 Å². The van der Waals surface area contributed by atoms with Gasteiger partial charge in [-0.2, -0.15) is 0 Å². The molecule has 4 aliphatic carbocycles. The molecule has 8 atom stereocenters. The van der Waals surface area contributed by atoms with Gasteiger partial charge in [-0.3, -0.25) is 0 Å². The molecule has 3 unspecified atom stereocenters. The molecule has 0 radical (unpaired) electrons. The van der Waals surface area contributed by atoms with Crippen molar-refractivity contribution >= 4 is 0 Å². The second-order valence-electron chi connectivity index (χ2n) is 10.1. The predicted molar refractivity (Wildman–Crippen MR) is 93.8 cm³/mol.